The molecule has 3 rings (SSSR count). The van der Waals surface area contributed by atoms with Crippen LogP contribution in [0.3, 0.4) is 0 Å². The van der Waals surface area contributed by atoms with Crippen molar-refractivity contribution in [2.45, 2.75) is 25.8 Å². The zero-order valence-corrected chi connectivity index (χ0v) is 15.5. The molecule has 1 aromatic heterocycles. The highest BCUT2D eigenvalue weighted by Gasteiger charge is 2.31. The Morgan fingerprint density at radius 2 is 2.20 bits per heavy atom. The Kier molecular flexibility index (Phi) is 5.38. The van der Waals surface area contributed by atoms with Crippen molar-refractivity contribution in [3.63, 3.8) is 0 Å². The Bertz CT molecular complexity index is 785. The van der Waals surface area contributed by atoms with E-state index in [1.165, 1.54) is 0 Å². The second-order valence-corrected chi connectivity index (χ2v) is 6.98. The molecule has 0 spiro atoms. The quantitative estimate of drug-likeness (QED) is 0.762. The van der Waals surface area contributed by atoms with Gasteiger partial charge in [0, 0.05) is 23.6 Å². The van der Waals surface area contributed by atoms with E-state index in [2.05, 4.69) is 4.98 Å². The molecule has 0 saturated carbocycles. The molecular formula is C19H22N2O3S. The van der Waals surface area contributed by atoms with Gasteiger partial charge in [-0.3, -0.25) is 4.79 Å². The van der Waals surface area contributed by atoms with E-state index in [9.17, 15) is 4.79 Å². The van der Waals surface area contributed by atoms with Gasteiger partial charge in [0.25, 0.3) is 0 Å². The zero-order valence-electron chi connectivity index (χ0n) is 14.7. The maximum absolute atomic E-state index is 12.7. The Balaban J connectivity index is 1.82. The maximum Gasteiger partial charge on any atom is 0.247 e. The minimum atomic E-state index is -0.00183. The molecular weight excluding hydrogens is 336 g/mol. The van der Waals surface area contributed by atoms with E-state index in [-0.39, 0.29) is 11.9 Å². The lowest BCUT2D eigenvalue weighted by atomic mass is 10.0. The first-order valence-corrected chi connectivity index (χ1v) is 9.13. The number of carbonyl (C=O) groups excluding carboxylic acids is 1. The minimum Gasteiger partial charge on any atom is -0.497 e. The summed E-state index contributed by atoms with van der Waals surface area (Å²) >= 11 is 1.58. The number of hydrogen-bond donors (Lipinski definition) is 0. The Morgan fingerprint density at radius 3 is 2.88 bits per heavy atom. The van der Waals surface area contributed by atoms with Crippen molar-refractivity contribution in [2.75, 3.05) is 20.8 Å². The predicted molar refractivity (Wildman–Crippen MR) is 99.1 cm³/mol. The molecule has 0 aliphatic carbocycles. The first-order valence-electron chi connectivity index (χ1n) is 8.25. The molecule has 1 aliphatic heterocycles. The lowest BCUT2D eigenvalue weighted by Crippen LogP contribution is -2.29. The number of aromatic nitrogens is 1. The van der Waals surface area contributed by atoms with Crippen LogP contribution in [0.5, 0.6) is 11.5 Å². The van der Waals surface area contributed by atoms with Crippen molar-refractivity contribution < 1.29 is 14.3 Å². The standard InChI is InChI=1S/C19H22N2O3S/c1-13-20-14(12-25-13)6-9-19(22)21-10-4-5-17(21)16-11-15(23-2)7-8-18(16)24-3/h6-9,11-12,17H,4-5,10H2,1-3H3/b9-6+. The second-order valence-electron chi connectivity index (χ2n) is 5.92. The summed E-state index contributed by atoms with van der Waals surface area (Å²) in [6.07, 6.45) is 5.28. The summed E-state index contributed by atoms with van der Waals surface area (Å²) in [6.45, 7) is 2.69. The number of methoxy groups -OCH3 is 2. The van der Waals surface area contributed by atoms with Crippen molar-refractivity contribution in [3.05, 3.63) is 45.9 Å². The molecule has 1 unspecified atom stereocenters. The molecule has 6 heteroatoms. The van der Waals surface area contributed by atoms with Gasteiger partial charge < -0.3 is 14.4 Å². The van der Waals surface area contributed by atoms with Crippen LogP contribution in [-0.2, 0) is 4.79 Å². The molecule has 1 aromatic carbocycles. The predicted octanol–water partition coefficient (Wildman–Crippen LogP) is 3.85. The number of thiazole rings is 1. The van der Waals surface area contributed by atoms with E-state index in [1.54, 1.807) is 37.7 Å². The number of benzene rings is 1. The van der Waals surface area contributed by atoms with Crippen molar-refractivity contribution >= 4 is 23.3 Å². The van der Waals surface area contributed by atoms with Crippen molar-refractivity contribution in [2.24, 2.45) is 0 Å². The van der Waals surface area contributed by atoms with Crippen LogP contribution in [0.4, 0.5) is 0 Å². The third kappa shape index (κ3) is 3.85. The lowest BCUT2D eigenvalue weighted by molar-refractivity contribution is -0.126. The number of hydrogen-bond acceptors (Lipinski definition) is 5. The smallest absolute Gasteiger partial charge is 0.247 e. The molecule has 0 radical (unpaired) electrons. The normalized spacial score (nSPS) is 17.2. The molecule has 1 amide bonds. The lowest BCUT2D eigenvalue weighted by Gasteiger charge is -2.25. The molecule has 1 saturated heterocycles. The number of carbonyl (C=O) groups is 1. The summed E-state index contributed by atoms with van der Waals surface area (Å²) in [5.74, 6) is 1.55. The summed E-state index contributed by atoms with van der Waals surface area (Å²) < 4.78 is 10.8. The molecule has 132 valence electrons. The van der Waals surface area contributed by atoms with Crippen molar-refractivity contribution in [3.8, 4) is 11.5 Å². The Hall–Kier alpha value is -2.34. The fraction of sp³-hybridized carbons (Fsp3) is 0.368. The third-order valence-electron chi connectivity index (χ3n) is 4.37. The number of rotatable bonds is 5. The third-order valence-corrected chi connectivity index (χ3v) is 5.16. The Labute approximate surface area is 151 Å². The van der Waals surface area contributed by atoms with Gasteiger partial charge >= 0.3 is 0 Å². The molecule has 1 fully saturated rings. The van der Waals surface area contributed by atoms with Gasteiger partial charge in [-0.05, 0) is 44.0 Å². The molecule has 1 atom stereocenters. The summed E-state index contributed by atoms with van der Waals surface area (Å²) in [5, 5.41) is 2.94. The summed E-state index contributed by atoms with van der Waals surface area (Å²) in [4.78, 5) is 19.0. The van der Waals surface area contributed by atoms with Crippen LogP contribution < -0.4 is 9.47 Å². The number of amides is 1. The fourth-order valence-corrected chi connectivity index (χ4v) is 3.74. The summed E-state index contributed by atoms with van der Waals surface area (Å²) in [5.41, 5.74) is 1.82. The summed E-state index contributed by atoms with van der Waals surface area (Å²) in [7, 11) is 3.29. The van der Waals surface area contributed by atoms with E-state index < -0.39 is 0 Å². The first kappa shape index (κ1) is 17.5. The van der Waals surface area contributed by atoms with Gasteiger partial charge in [0.05, 0.1) is 31.0 Å². The Morgan fingerprint density at radius 1 is 1.36 bits per heavy atom. The topological polar surface area (TPSA) is 51.7 Å². The minimum absolute atomic E-state index is 0.000583. The summed E-state index contributed by atoms with van der Waals surface area (Å²) in [6, 6.07) is 5.72. The number of nitrogens with zero attached hydrogens (tertiary/aromatic N) is 2. The van der Waals surface area contributed by atoms with Gasteiger partial charge in [-0.15, -0.1) is 11.3 Å². The maximum atomic E-state index is 12.7. The van der Waals surface area contributed by atoms with Crippen molar-refractivity contribution in [1.29, 1.82) is 0 Å². The van der Waals surface area contributed by atoms with E-state index in [1.807, 2.05) is 35.4 Å². The molecule has 25 heavy (non-hydrogen) atoms. The van der Waals surface area contributed by atoms with E-state index in [0.29, 0.717) is 0 Å². The monoisotopic (exact) mass is 358 g/mol. The second kappa shape index (κ2) is 7.70. The molecule has 0 bridgehead atoms. The molecule has 1 aliphatic rings. The first-order chi connectivity index (χ1) is 12.1. The van der Waals surface area contributed by atoms with Crippen LogP contribution in [0.2, 0.25) is 0 Å². The fourth-order valence-electron chi connectivity index (χ4n) is 3.16. The van der Waals surface area contributed by atoms with Gasteiger partial charge in [0.2, 0.25) is 5.91 Å². The highest BCUT2D eigenvalue weighted by molar-refractivity contribution is 7.09. The van der Waals surface area contributed by atoms with E-state index in [4.69, 9.17) is 9.47 Å². The largest absolute Gasteiger partial charge is 0.497 e. The van der Waals surface area contributed by atoms with Crippen LogP contribution in [0.1, 0.15) is 35.1 Å². The van der Waals surface area contributed by atoms with Gasteiger partial charge in [-0.2, -0.15) is 0 Å². The van der Waals surface area contributed by atoms with Gasteiger partial charge in [0.15, 0.2) is 0 Å². The number of ether oxygens (including phenoxy) is 2. The highest BCUT2D eigenvalue weighted by atomic mass is 32.1. The number of aryl methyl sites for hydroxylation is 1. The van der Waals surface area contributed by atoms with Crippen LogP contribution in [0, 0.1) is 6.92 Å². The zero-order chi connectivity index (χ0) is 17.8. The van der Waals surface area contributed by atoms with Crippen LogP contribution in [0.25, 0.3) is 6.08 Å². The average Bonchev–Trinajstić information content (AvgIpc) is 3.28. The van der Waals surface area contributed by atoms with Gasteiger partial charge in [0.1, 0.15) is 11.5 Å². The van der Waals surface area contributed by atoms with Gasteiger partial charge in [-0.1, -0.05) is 0 Å². The molecule has 0 N–H and O–H groups in total. The average molecular weight is 358 g/mol. The molecule has 5 nitrogen and oxygen atoms in total. The number of likely N-dealkylation sites (tertiary alicyclic amines) is 1. The van der Waals surface area contributed by atoms with Crippen molar-refractivity contribution in [1.82, 2.24) is 9.88 Å². The van der Waals surface area contributed by atoms with Crippen LogP contribution >= 0.6 is 11.3 Å². The SMILES string of the molecule is COc1ccc(OC)c(C2CCCN2C(=O)/C=C/c2csc(C)n2)c1. The molecule has 2 heterocycles. The van der Waals surface area contributed by atoms with Gasteiger partial charge in [-0.25, -0.2) is 4.98 Å². The molecule has 2 aromatic rings. The van der Waals surface area contributed by atoms with Crippen LogP contribution in [-0.4, -0.2) is 36.6 Å². The van der Waals surface area contributed by atoms with Crippen LogP contribution in [0.15, 0.2) is 29.7 Å². The highest BCUT2D eigenvalue weighted by Crippen LogP contribution is 2.39. The van der Waals surface area contributed by atoms with E-state index in [0.717, 1.165) is 47.2 Å². The van der Waals surface area contributed by atoms with E-state index >= 15 is 0 Å².